The fraction of sp³-hybridized carbons (Fsp3) is 0.0909. The minimum atomic E-state index is -3.70. The van der Waals surface area contributed by atoms with Crippen molar-refractivity contribution < 1.29 is 13.3 Å². The number of sulfonamides is 1. The summed E-state index contributed by atoms with van der Waals surface area (Å²) in [6.07, 6.45) is 0. The van der Waals surface area contributed by atoms with Crippen LogP contribution in [0.3, 0.4) is 0 Å². The summed E-state index contributed by atoms with van der Waals surface area (Å²) < 4.78 is 23.6. The van der Waals surface area contributed by atoms with Gasteiger partial charge in [0.05, 0.1) is 11.6 Å². The number of halogens is 1. The van der Waals surface area contributed by atoms with E-state index in [1.807, 2.05) is 35.2 Å². The molecule has 4 nitrogen and oxygen atoms in total. The molecule has 0 amide bonds. The lowest BCUT2D eigenvalue weighted by Crippen LogP contribution is -2.23. The lowest BCUT2D eigenvalue weighted by Gasteiger charge is -2.06. The van der Waals surface area contributed by atoms with E-state index in [1.54, 1.807) is 5.38 Å². The average Bonchev–Trinajstić information content (AvgIpc) is 2.77. The summed E-state index contributed by atoms with van der Waals surface area (Å²) in [6.45, 7) is 0.156. The standard InChI is InChI=1S/C11H10ClNO3S2/c12-10-6-7-17-11(10)18(14,15)13-16-8-9-4-2-1-3-5-9/h1-7,13H,8H2. The largest absolute Gasteiger partial charge is 0.282 e. The highest BCUT2D eigenvalue weighted by Gasteiger charge is 2.19. The SMILES string of the molecule is O=S(=O)(NOCc1ccccc1)c1sccc1Cl. The van der Waals surface area contributed by atoms with Gasteiger partial charge >= 0.3 is 0 Å². The van der Waals surface area contributed by atoms with Crippen LogP contribution in [0.4, 0.5) is 0 Å². The van der Waals surface area contributed by atoms with Gasteiger partial charge in [0.1, 0.15) is 0 Å². The van der Waals surface area contributed by atoms with Crippen LogP contribution in [0.2, 0.25) is 5.02 Å². The molecule has 0 saturated heterocycles. The zero-order valence-corrected chi connectivity index (χ0v) is 11.6. The van der Waals surface area contributed by atoms with Crippen molar-refractivity contribution in [2.24, 2.45) is 0 Å². The van der Waals surface area contributed by atoms with Gasteiger partial charge in [-0.2, -0.15) is 0 Å². The van der Waals surface area contributed by atoms with Gasteiger partial charge in [0.15, 0.2) is 4.21 Å². The summed E-state index contributed by atoms with van der Waals surface area (Å²) in [7, 11) is -3.70. The van der Waals surface area contributed by atoms with Crippen molar-refractivity contribution in [3.8, 4) is 0 Å². The summed E-state index contributed by atoms with van der Waals surface area (Å²) >= 11 is 6.80. The van der Waals surface area contributed by atoms with Crippen molar-refractivity contribution >= 4 is 33.0 Å². The molecule has 0 aliphatic carbocycles. The molecule has 0 atom stereocenters. The van der Waals surface area contributed by atoms with Gasteiger partial charge in [0, 0.05) is 0 Å². The van der Waals surface area contributed by atoms with Crippen LogP contribution in [0.25, 0.3) is 0 Å². The predicted molar refractivity (Wildman–Crippen MR) is 70.9 cm³/mol. The molecule has 2 aromatic rings. The van der Waals surface area contributed by atoms with Gasteiger partial charge in [-0.3, -0.25) is 4.84 Å². The highest BCUT2D eigenvalue weighted by Crippen LogP contribution is 2.26. The highest BCUT2D eigenvalue weighted by molar-refractivity contribution is 7.91. The minimum absolute atomic E-state index is 0.0530. The summed E-state index contributed by atoms with van der Waals surface area (Å²) in [5.74, 6) is 0. The van der Waals surface area contributed by atoms with Crippen LogP contribution in [0.1, 0.15) is 5.56 Å². The Morgan fingerprint density at radius 1 is 1.22 bits per heavy atom. The summed E-state index contributed by atoms with van der Waals surface area (Å²) in [6, 6.07) is 10.8. The predicted octanol–water partition coefficient (Wildman–Crippen LogP) is 2.81. The molecule has 1 N–H and O–H groups in total. The van der Waals surface area contributed by atoms with E-state index in [1.165, 1.54) is 6.07 Å². The maximum absolute atomic E-state index is 11.8. The molecule has 0 fully saturated rings. The summed E-state index contributed by atoms with van der Waals surface area (Å²) in [5, 5.41) is 1.80. The van der Waals surface area contributed by atoms with E-state index in [9.17, 15) is 8.42 Å². The lowest BCUT2D eigenvalue weighted by molar-refractivity contribution is 0.0797. The van der Waals surface area contributed by atoms with Gasteiger partial charge < -0.3 is 0 Å². The van der Waals surface area contributed by atoms with Crippen molar-refractivity contribution in [1.82, 2.24) is 4.89 Å². The first kappa shape index (κ1) is 13.5. The molecule has 0 radical (unpaired) electrons. The quantitative estimate of drug-likeness (QED) is 0.864. The maximum atomic E-state index is 11.8. The zero-order valence-electron chi connectivity index (χ0n) is 9.17. The third-order valence-corrected chi connectivity index (χ3v) is 5.32. The van der Waals surface area contributed by atoms with Crippen molar-refractivity contribution in [2.75, 3.05) is 0 Å². The van der Waals surface area contributed by atoms with Gasteiger partial charge in [0.2, 0.25) is 0 Å². The summed E-state index contributed by atoms with van der Waals surface area (Å²) in [5.41, 5.74) is 0.873. The Bertz CT molecular complexity index is 610. The molecule has 0 aliphatic rings. The Balaban J connectivity index is 1.97. The number of thiophene rings is 1. The monoisotopic (exact) mass is 303 g/mol. The average molecular weight is 304 g/mol. The van der Waals surface area contributed by atoms with E-state index >= 15 is 0 Å². The molecule has 96 valence electrons. The number of rotatable bonds is 5. The normalized spacial score (nSPS) is 11.6. The molecule has 7 heteroatoms. The fourth-order valence-electron chi connectivity index (χ4n) is 1.27. The van der Waals surface area contributed by atoms with Crippen LogP contribution < -0.4 is 4.89 Å². The van der Waals surface area contributed by atoms with Crippen molar-refractivity contribution in [2.45, 2.75) is 10.8 Å². The van der Waals surface area contributed by atoms with E-state index in [0.717, 1.165) is 16.9 Å². The van der Waals surface area contributed by atoms with E-state index < -0.39 is 10.0 Å². The lowest BCUT2D eigenvalue weighted by atomic mass is 10.2. The van der Waals surface area contributed by atoms with Gasteiger partial charge in [-0.05, 0) is 17.0 Å². The number of nitrogens with one attached hydrogen (secondary N) is 1. The molecule has 18 heavy (non-hydrogen) atoms. The topological polar surface area (TPSA) is 55.4 Å². The fourth-order valence-corrected chi connectivity index (χ4v) is 3.75. The maximum Gasteiger partial charge on any atom is 0.273 e. The number of hydrogen-bond acceptors (Lipinski definition) is 4. The van der Waals surface area contributed by atoms with E-state index in [0.29, 0.717) is 0 Å². The Morgan fingerprint density at radius 3 is 2.56 bits per heavy atom. The van der Waals surface area contributed by atoms with Gasteiger partial charge in [0.25, 0.3) is 10.0 Å². The van der Waals surface area contributed by atoms with Crippen LogP contribution >= 0.6 is 22.9 Å². The highest BCUT2D eigenvalue weighted by atomic mass is 35.5. The molecule has 1 aromatic carbocycles. The second kappa shape index (κ2) is 5.81. The van der Waals surface area contributed by atoms with Crippen LogP contribution in [-0.4, -0.2) is 8.42 Å². The van der Waals surface area contributed by atoms with Gasteiger partial charge in [-0.1, -0.05) is 46.8 Å². The third kappa shape index (κ3) is 3.30. The van der Waals surface area contributed by atoms with Crippen LogP contribution in [0.5, 0.6) is 0 Å². The zero-order chi connectivity index (χ0) is 13.0. The number of hydrogen-bond donors (Lipinski definition) is 1. The van der Waals surface area contributed by atoms with E-state index in [4.69, 9.17) is 16.4 Å². The van der Waals surface area contributed by atoms with Crippen molar-refractivity contribution in [3.63, 3.8) is 0 Å². The van der Waals surface area contributed by atoms with Crippen LogP contribution in [-0.2, 0) is 21.5 Å². The minimum Gasteiger partial charge on any atom is -0.282 e. The molecule has 0 spiro atoms. The molecule has 0 aliphatic heterocycles. The smallest absolute Gasteiger partial charge is 0.273 e. The first-order valence-electron chi connectivity index (χ1n) is 5.00. The third-order valence-electron chi connectivity index (χ3n) is 2.08. The molecule has 1 heterocycles. The summed E-state index contributed by atoms with van der Waals surface area (Å²) in [4.78, 5) is 7.02. The Labute approximate surface area is 114 Å². The molecule has 0 unspecified atom stereocenters. The second-order valence-corrected chi connectivity index (χ2v) is 6.58. The molecule has 0 bridgehead atoms. The van der Waals surface area contributed by atoms with Gasteiger partial charge in [-0.15, -0.1) is 11.3 Å². The van der Waals surface area contributed by atoms with Crippen molar-refractivity contribution in [1.29, 1.82) is 0 Å². The molecule has 1 aromatic heterocycles. The van der Waals surface area contributed by atoms with Gasteiger partial charge in [-0.25, -0.2) is 8.42 Å². The molecular weight excluding hydrogens is 294 g/mol. The Morgan fingerprint density at radius 2 is 1.94 bits per heavy atom. The van der Waals surface area contributed by atoms with E-state index in [2.05, 4.69) is 0 Å². The Kier molecular flexibility index (Phi) is 4.36. The molecule has 0 saturated carbocycles. The van der Waals surface area contributed by atoms with Crippen LogP contribution in [0, 0.1) is 0 Å². The van der Waals surface area contributed by atoms with Crippen molar-refractivity contribution in [3.05, 3.63) is 52.4 Å². The van der Waals surface area contributed by atoms with Crippen LogP contribution in [0.15, 0.2) is 46.0 Å². The molecular formula is C11H10ClNO3S2. The second-order valence-electron chi connectivity index (χ2n) is 3.42. The first-order valence-corrected chi connectivity index (χ1v) is 7.74. The molecule has 2 rings (SSSR count). The number of benzene rings is 1. The first-order chi connectivity index (χ1) is 8.59. The Hall–Kier alpha value is -0.920. The van der Waals surface area contributed by atoms with E-state index in [-0.39, 0.29) is 15.8 Å².